The van der Waals surface area contributed by atoms with Crippen LogP contribution in [0.4, 0.5) is 10.7 Å². The molecule has 0 aliphatic carbocycles. The molecule has 1 aliphatic heterocycles. The average Bonchev–Trinajstić information content (AvgIpc) is 2.72. The number of carbonyl (C=O) groups excluding carboxylic acids is 2. The lowest BCUT2D eigenvalue weighted by molar-refractivity contribution is -0.126. The Labute approximate surface area is 104 Å². The molecule has 0 radical (unpaired) electrons. The number of likely N-dealkylation sites (tertiary alicyclic amines) is 1. The van der Waals surface area contributed by atoms with E-state index >= 15 is 0 Å². The number of anilines is 1. The van der Waals surface area contributed by atoms with E-state index in [1.807, 2.05) is 0 Å². The maximum absolute atomic E-state index is 11.7. The fourth-order valence-electron chi connectivity index (χ4n) is 1.80. The van der Waals surface area contributed by atoms with Gasteiger partial charge in [-0.05, 0) is 6.92 Å². The van der Waals surface area contributed by atoms with Gasteiger partial charge in [0.2, 0.25) is 11.9 Å². The Morgan fingerprint density at radius 1 is 1.44 bits per heavy atom. The first-order chi connectivity index (χ1) is 8.45. The molecule has 2 rings (SSSR count). The van der Waals surface area contributed by atoms with Crippen molar-refractivity contribution in [3.63, 3.8) is 0 Å². The predicted octanol–water partition coefficient (Wildman–Crippen LogP) is -0.524. The number of nitrogens with one attached hydrogen (secondary N) is 2. The van der Waals surface area contributed by atoms with E-state index in [1.165, 1.54) is 0 Å². The van der Waals surface area contributed by atoms with Crippen LogP contribution in [0.15, 0.2) is 0 Å². The molecule has 1 unspecified atom stereocenters. The zero-order valence-electron chi connectivity index (χ0n) is 10.6. The Morgan fingerprint density at radius 3 is 2.67 bits per heavy atom. The van der Waals surface area contributed by atoms with E-state index in [1.54, 1.807) is 30.6 Å². The van der Waals surface area contributed by atoms with Gasteiger partial charge in [0.15, 0.2) is 0 Å². The molecular weight excluding hydrogens is 236 g/mol. The molecule has 98 valence electrons. The molecule has 8 nitrogen and oxygen atoms in total. The summed E-state index contributed by atoms with van der Waals surface area (Å²) in [5, 5.41) is 9.26. The van der Waals surface area contributed by atoms with Crippen LogP contribution in [0, 0.1) is 6.92 Å². The number of carbonyl (C=O) groups is 2. The maximum atomic E-state index is 11.7. The van der Waals surface area contributed by atoms with Crippen molar-refractivity contribution >= 4 is 17.9 Å². The van der Waals surface area contributed by atoms with Crippen LogP contribution in [0.2, 0.25) is 0 Å². The number of urea groups is 1. The van der Waals surface area contributed by atoms with Crippen molar-refractivity contribution in [1.29, 1.82) is 0 Å². The summed E-state index contributed by atoms with van der Waals surface area (Å²) in [4.78, 5) is 28.6. The summed E-state index contributed by atoms with van der Waals surface area (Å²) in [6, 6.07) is -0.555. The van der Waals surface area contributed by atoms with Gasteiger partial charge in [-0.3, -0.25) is 14.8 Å². The van der Waals surface area contributed by atoms with E-state index in [9.17, 15) is 9.59 Å². The number of amides is 3. The van der Waals surface area contributed by atoms with Gasteiger partial charge in [0.1, 0.15) is 5.82 Å². The third-order valence-electron chi connectivity index (χ3n) is 2.88. The van der Waals surface area contributed by atoms with Gasteiger partial charge < -0.3 is 10.2 Å². The van der Waals surface area contributed by atoms with Crippen molar-refractivity contribution in [3.8, 4) is 0 Å². The van der Waals surface area contributed by atoms with Gasteiger partial charge in [0.25, 0.3) is 0 Å². The third-order valence-corrected chi connectivity index (χ3v) is 2.88. The average molecular weight is 252 g/mol. The van der Waals surface area contributed by atoms with Crippen molar-refractivity contribution in [3.05, 3.63) is 5.82 Å². The minimum atomic E-state index is -0.395. The Bertz CT molecular complexity index is 463. The topological polar surface area (TPSA) is 92.2 Å². The zero-order chi connectivity index (χ0) is 13.3. The van der Waals surface area contributed by atoms with Gasteiger partial charge in [-0.25, -0.2) is 4.79 Å². The number of rotatable bonds is 2. The van der Waals surface area contributed by atoms with E-state index in [4.69, 9.17) is 0 Å². The number of aryl methyl sites for hydroxylation is 2. The fraction of sp³-hybridized carbons (Fsp3) is 0.600. The third kappa shape index (κ3) is 2.58. The second kappa shape index (κ2) is 4.63. The second-order valence-electron chi connectivity index (χ2n) is 4.38. The Kier molecular flexibility index (Phi) is 3.17. The maximum Gasteiger partial charge on any atom is 0.321 e. The monoisotopic (exact) mass is 252 g/mol. The zero-order valence-corrected chi connectivity index (χ0v) is 10.6. The van der Waals surface area contributed by atoms with Crippen molar-refractivity contribution < 1.29 is 9.59 Å². The minimum Gasteiger partial charge on any atom is -0.344 e. The first-order valence-electron chi connectivity index (χ1n) is 5.65. The van der Waals surface area contributed by atoms with Crippen LogP contribution in [-0.4, -0.2) is 51.2 Å². The molecule has 8 heteroatoms. The molecule has 0 aromatic carbocycles. The summed E-state index contributed by atoms with van der Waals surface area (Å²) in [5.41, 5.74) is 0. The standard InChI is InChI=1S/C10H16N6O2/c1-6-11-9(14-16(6)3)13-10(18)12-7-4-8(17)15(2)5-7/h7H,4-5H2,1-3H3,(H2,12,13,14,18). The van der Waals surface area contributed by atoms with Crippen LogP contribution in [0.1, 0.15) is 12.2 Å². The van der Waals surface area contributed by atoms with Gasteiger partial charge in [0, 0.05) is 27.1 Å². The summed E-state index contributed by atoms with van der Waals surface area (Å²) in [6.45, 7) is 2.32. The quantitative estimate of drug-likeness (QED) is 0.740. The Morgan fingerprint density at radius 2 is 2.17 bits per heavy atom. The van der Waals surface area contributed by atoms with Crippen molar-refractivity contribution in [2.45, 2.75) is 19.4 Å². The van der Waals surface area contributed by atoms with Gasteiger partial charge in [-0.2, -0.15) is 4.98 Å². The minimum absolute atomic E-state index is 0.0344. The van der Waals surface area contributed by atoms with Crippen LogP contribution >= 0.6 is 0 Å². The molecule has 18 heavy (non-hydrogen) atoms. The lowest BCUT2D eigenvalue weighted by Gasteiger charge is -2.11. The fourth-order valence-corrected chi connectivity index (χ4v) is 1.80. The molecule has 1 atom stereocenters. The molecule has 2 N–H and O–H groups in total. The number of nitrogens with zero attached hydrogens (tertiary/aromatic N) is 4. The number of hydrogen-bond donors (Lipinski definition) is 2. The van der Waals surface area contributed by atoms with Gasteiger partial charge in [-0.1, -0.05) is 0 Å². The summed E-state index contributed by atoms with van der Waals surface area (Å²) >= 11 is 0. The highest BCUT2D eigenvalue weighted by Gasteiger charge is 2.27. The van der Waals surface area contributed by atoms with E-state index in [0.29, 0.717) is 18.8 Å². The highest BCUT2D eigenvalue weighted by atomic mass is 16.2. The molecule has 1 aliphatic rings. The van der Waals surface area contributed by atoms with Gasteiger partial charge in [0.05, 0.1) is 6.04 Å². The lowest BCUT2D eigenvalue weighted by Crippen LogP contribution is -2.39. The molecule has 1 aromatic heterocycles. The van der Waals surface area contributed by atoms with E-state index in [2.05, 4.69) is 20.7 Å². The predicted molar refractivity (Wildman–Crippen MR) is 63.9 cm³/mol. The summed E-state index contributed by atoms with van der Waals surface area (Å²) in [6.07, 6.45) is 0.332. The Hall–Kier alpha value is -2.12. The Balaban J connectivity index is 1.88. The van der Waals surface area contributed by atoms with Crippen molar-refractivity contribution in [2.24, 2.45) is 7.05 Å². The highest BCUT2D eigenvalue weighted by molar-refractivity contribution is 5.88. The molecule has 1 fully saturated rings. The summed E-state index contributed by atoms with van der Waals surface area (Å²) in [7, 11) is 3.46. The van der Waals surface area contributed by atoms with Crippen LogP contribution in [0.3, 0.4) is 0 Å². The molecule has 1 aromatic rings. The molecule has 1 saturated heterocycles. The first kappa shape index (κ1) is 12.3. The largest absolute Gasteiger partial charge is 0.344 e. The highest BCUT2D eigenvalue weighted by Crippen LogP contribution is 2.08. The number of likely N-dealkylation sites (N-methyl/N-ethyl adjacent to an activating group) is 1. The van der Waals surface area contributed by atoms with Crippen molar-refractivity contribution in [2.75, 3.05) is 18.9 Å². The molecule has 0 spiro atoms. The van der Waals surface area contributed by atoms with E-state index in [0.717, 1.165) is 0 Å². The second-order valence-corrected chi connectivity index (χ2v) is 4.38. The van der Waals surface area contributed by atoms with Gasteiger partial charge >= 0.3 is 6.03 Å². The van der Waals surface area contributed by atoms with E-state index in [-0.39, 0.29) is 17.9 Å². The van der Waals surface area contributed by atoms with Crippen LogP contribution in [0.5, 0.6) is 0 Å². The van der Waals surface area contributed by atoms with Gasteiger partial charge in [-0.15, -0.1) is 5.10 Å². The molecule has 3 amide bonds. The first-order valence-corrected chi connectivity index (χ1v) is 5.65. The van der Waals surface area contributed by atoms with Crippen LogP contribution in [-0.2, 0) is 11.8 Å². The molecule has 0 saturated carbocycles. The van der Waals surface area contributed by atoms with E-state index < -0.39 is 6.03 Å². The summed E-state index contributed by atoms with van der Waals surface area (Å²) < 4.78 is 1.57. The van der Waals surface area contributed by atoms with Crippen molar-refractivity contribution in [1.82, 2.24) is 25.0 Å². The SMILES string of the molecule is Cc1nc(NC(=O)NC2CC(=O)N(C)C2)nn1C. The normalized spacial score (nSPS) is 19.2. The number of aromatic nitrogens is 3. The van der Waals surface area contributed by atoms with Crippen LogP contribution < -0.4 is 10.6 Å². The molecular formula is C10H16N6O2. The summed E-state index contributed by atoms with van der Waals surface area (Å²) in [5.74, 6) is 0.998. The molecule has 2 heterocycles. The smallest absolute Gasteiger partial charge is 0.321 e. The molecule has 0 bridgehead atoms. The lowest BCUT2D eigenvalue weighted by atomic mass is 10.3. The number of hydrogen-bond acceptors (Lipinski definition) is 4. The van der Waals surface area contributed by atoms with Crippen LogP contribution in [0.25, 0.3) is 0 Å².